The number of methoxy groups -OCH3 is 1. The lowest BCUT2D eigenvalue weighted by Crippen LogP contribution is -2.38. The quantitative estimate of drug-likeness (QED) is 0.819. The van der Waals surface area contributed by atoms with Crippen LogP contribution < -0.4 is 5.32 Å². The van der Waals surface area contributed by atoms with Crippen LogP contribution in [0.5, 0.6) is 0 Å². The summed E-state index contributed by atoms with van der Waals surface area (Å²) in [4.78, 5) is 26.6. The second kappa shape index (κ2) is 8.77. The Balaban J connectivity index is 1.56. The molecule has 0 radical (unpaired) electrons. The van der Waals surface area contributed by atoms with Gasteiger partial charge < -0.3 is 10.1 Å². The number of rotatable bonds is 5. The minimum Gasteiger partial charge on any atom is -0.465 e. The summed E-state index contributed by atoms with van der Waals surface area (Å²) in [6, 6.07) is 13.6. The fraction of sp³-hybridized carbons (Fsp3) is 0.333. The molecule has 1 heterocycles. The van der Waals surface area contributed by atoms with Crippen LogP contribution in [0.25, 0.3) is 0 Å². The molecule has 1 saturated heterocycles. The highest BCUT2D eigenvalue weighted by Crippen LogP contribution is 2.23. The van der Waals surface area contributed by atoms with Crippen LogP contribution in [-0.2, 0) is 16.1 Å². The van der Waals surface area contributed by atoms with E-state index in [1.165, 1.54) is 13.2 Å². The van der Waals surface area contributed by atoms with Crippen molar-refractivity contribution < 1.29 is 18.7 Å². The van der Waals surface area contributed by atoms with Crippen LogP contribution >= 0.6 is 0 Å². The lowest BCUT2D eigenvalue weighted by molar-refractivity contribution is -0.121. The fourth-order valence-electron chi connectivity index (χ4n) is 3.34. The predicted octanol–water partition coefficient (Wildman–Crippen LogP) is 3.46. The number of para-hydroxylation sites is 1. The van der Waals surface area contributed by atoms with Crippen LogP contribution in [0.4, 0.5) is 10.1 Å². The third kappa shape index (κ3) is 4.71. The fourth-order valence-corrected chi connectivity index (χ4v) is 3.34. The van der Waals surface area contributed by atoms with E-state index in [2.05, 4.69) is 10.2 Å². The number of piperidine rings is 1. The van der Waals surface area contributed by atoms with Crippen molar-refractivity contribution in [2.45, 2.75) is 19.4 Å². The number of halogens is 1. The number of esters is 1. The highest BCUT2D eigenvalue weighted by molar-refractivity contribution is 6.01. The molecule has 0 aliphatic carbocycles. The van der Waals surface area contributed by atoms with Gasteiger partial charge in [-0.3, -0.25) is 9.69 Å². The van der Waals surface area contributed by atoms with Gasteiger partial charge >= 0.3 is 5.97 Å². The van der Waals surface area contributed by atoms with Gasteiger partial charge in [0.15, 0.2) is 0 Å². The molecule has 1 fully saturated rings. The Morgan fingerprint density at radius 1 is 1.11 bits per heavy atom. The van der Waals surface area contributed by atoms with Crippen molar-refractivity contribution in [1.82, 2.24) is 4.90 Å². The van der Waals surface area contributed by atoms with Crippen molar-refractivity contribution >= 4 is 17.6 Å². The van der Waals surface area contributed by atoms with Gasteiger partial charge in [-0.2, -0.15) is 0 Å². The van der Waals surface area contributed by atoms with Gasteiger partial charge in [0.05, 0.1) is 18.4 Å². The highest BCUT2D eigenvalue weighted by Gasteiger charge is 2.26. The number of ether oxygens (including phenoxy) is 1. The number of nitrogens with zero attached hydrogens (tertiary/aromatic N) is 1. The summed E-state index contributed by atoms with van der Waals surface area (Å²) >= 11 is 0. The van der Waals surface area contributed by atoms with Crippen molar-refractivity contribution in [1.29, 1.82) is 0 Å². The topological polar surface area (TPSA) is 58.6 Å². The van der Waals surface area contributed by atoms with Crippen LogP contribution in [0, 0.1) is 11.7 Å². The third-order valence-electron chi connectivity index (χ3n) is 4.90. The Kier molecular flexibility index (Phi) is 6.19. The van der Waals surface area contributed by atoms with Crippen molar-refractivity contribution in [3.05, 3.63) is 65.5 Å². The Labute approximate surface area is 158 Å². The molecule has 0 spiro atoms. The number of likely N-dealkylation sites (tertiary alicyclic amines) is 1. The number of carbonyl (C=O) groups is 2. The molecule has 5 nitrogen and oxygen atoms in total. The molecule has 1 N–H and O–H groups in total. The van der Waals surface area contributed by atoms with Gasteiger partial charge in [0, 0.05) is 18.0 Å². The smallest absolute Gasteiger partial charge is 0.339 e. The number of nitrogens with one attached hydrogen (secondary N) is 1. The highest BCUT2D eigenvalue weighted by atomic mass is 19.1. The zero-order chi connectivity index (χ0) is 19.2. The zero-order valence-corrected chi connectivity index (χ0v) is 15.3. The predicted molar refractivity (Wildman–Crippen MR) is 101 cm³/mol. The Hall–Kier alpha value is -2.73. The third-order valence-corrected chi connectivity index (χ3v) is 4.90. The van der Waals surface area contributed by atoms with E-state index in [0.29, 0.717) is 36.2 Å². The van der Waals surface area contributed by atoms with Crippen LogP contribution in [0.15, 0.2) is 48.5 Å². The zero-order valence-electron chi connectivity index (χ0n) is 15.3. The molecule has 3 rings (SSSR count). The molecule has 1 aliphatic heterocycles. The first kappa shape index (κ1) is 19.0. The van der Waals surface area contributed by atoms with E-state index in [0.717, 1.165) is 13.1 Å². The van der Waals surface area contributed by atoms with E-state index in [4.69, 9.17) is 4.74 Å². The van der Waals surface area contributed by atoms with Gasteiger partial charge in [0.2, 0.25) is 5.91 Å². The molecule has 27 heavy (non-hydrogen) atoms. The van der Waals surface area contributed by atoms with Crippen LogP contribution in [-0.4, -0.2) is 37.0 Å². The molecule has 0 aromatic heterocycles. The number of carbonyl (C=O) groups excluding carboxylic acids is 2. The van der Waals surface area contributed by atoms with Gasteiger partial charge in [-0.25, -0.2) is 9.18 Å². The first-order valence-corrected chi connectivity index (χ1v) is 9.02. The first-order valence-electron chi connectivity index (χ1n) is 9.02. The molecule has 2 aromatic carbocycles. The van der Waals surface area contributed by atoms with E-state index in [9.17, 15) is 14.0 Å². The van der Waals surface area contributed by atoms with E-state index < -0.39 is 5.97 Å². The SMILES string of the molecule is COC(=O)c1ccccc1NC(=O)C1CCN(Cc2ccccc2F)CC1. The van der Waals surface area contributed by atoms with Crippen LogP contribution in [0.2, 0.25) is 0 Å². The Morgan fingerprint density at radius 3 is 2.48 bits per heavy atom. The van der Waals surface area contributed by atoms with Crippen molar-refractivity contribution in [3.63, 3.8) is 0 Å². The first-order chi connectivity index (χ1) is 13.1. The molecule has 0 unspecified atom stereocenters. The number of anilines is 1. The lowest BCUT2D eigenvalue weighted by Gasteiger charge is -2.31. The maximum Gasteiger partial charge on any atom is 0.339 e. The van der Waals surface area contributed by atoms with Crippen molar-refractivity contribution in [2.24, 2.45) is 5.92 Å². The molecule has 0 saturated carbocycles. The Morgan fingerprint density at radius 2 is 1.78 bits per heavy atom. The molecule has 1 aliphatic rings. The van der Waals surface area contributed by atoms with Gasteiger partial charge in [-0.05, 0) is 44.1 Å². The molecule has 6 heteroatoms. The summed E-state index contributed by atoms with van der Waals surface area (Å²) in [5.74, 6) is -0.910. The lowest BCUT2D eigenvalue weighted by atomic mass is 9.95. The van der Waals surface area contributed by atoms with Gasteiger partial charge in [-0.1, -0.05) is 30.3 Å². The van der Waals surface area contributed by atoms with E-state index in [1.54, 1.807) is 36.4 Å². The number of benzene rings is 2. The maximum atomic E-state index is 13.8. The van der Waals surface area contributed by atoms with Crippen molar-refractivity contribution in [2.75, 3.05) is 25.5 Å². The number of amides is 1. The molecular formula is C21H23FN2O3. The van der Waals surface area contributed by atoms with Gasteiger partial charge in [-0.15, -0.1) is 0 Å². The van der Waals surface area contributed by atoms with Crippen LogP contribution in [0.3, 0.4) is 0 Å². The largest absolute Gasteiger partial charge is 0.465 e. The second-order valence-electron chi connectivity index (χ2n) is 6.67. The van der Waals surface area contributed by atoms with Crippen molar-refractivity contribution in [3.8, 4) is 0 Å². The molecule has 0 atom stereocenters. The molecule has 1 amide bonds. The summed E-state index contributed by atoms with van der Waals surface area (Å²) in [5, 5.41) is 2.85. The number of hydrogen-bond donors (Lipinski definition) is 1. The van der Waals surface area contributed by atoms with E-state index in [-0.39, 0.29) is 17.6 Å². The minimum absolute atomic E-state index is 0.100. The minimum atomic E-state index is -0.481. The molecule has 0 bridgehead atoms. The summed E-state index contributed by atoms with van der Waals surface area (Å²) in [7, 11) is 1.31. The molecule has 142 valence electrons. The van der Waals surface area contributed by atoms with E-state index >= 15 is 0 Å². The monoisotopic (exact) mass is 370 g/mol. The maximum absolute atomic E-state index is 13.8. The summed E-state index contributed by atoms with van der Waals surface area (Å²) in [6.07, 6.45) is 1.39. The average Bonchev–Trinajstić information content (AvgIpc) is 2.70. The van der Waals surface area contributed by atoms with Gasteiger partial charge in [0.25, 0.3) is 0 Å². The average molecular weight is 370 g/mol. The van der Waals surface area contributed by atoms with Gasteiger partial charge in [0.1, 0.15) is 5.82 Å². The second-order valence-corrected chi connectivity index (χ2v) is 6.67. The summed E-state index contributed by atoms with van der Waals surface area (Å²) in [6.45, 7) is 2.00. The standard InChI is InChI=1S/C21H23FN2O3/c1-27-21(26)17-7-3-5-9-19(17)23-20(25)15-10-12-24(13-11-15)14-16-6-2-4-8-18(16)22/h2-9,15H,10-14H2,1H3,(H,23,25). The van der Waals surface area contributed by atoms with E-state index in [1.807, 2.05) is 6.07 Å². The number of hydrogen-bond acceptors (Lipinski definition) is 4. The molecular weight excluding hydrogens is 347 g/mol. The summed E-state index contributed by atoms with van der Waals surface area (Å²) < 4.78 is 18.6. The summed E-state index contributed by atoms with van der Waals surface area (Å²) in [5.41, 5.74) is 1.47. The molecule has 2 aromatic rings. The Bertz CT molecular complexity index is 817. The van der Waals surface area contributed by atoms with Crippen LogP contribution in [0.1, 0.15) is 28.8 Å². The normalized spacial score (nSPS) is 15.3.